The Bertz CT molecular complexity index is 924. The molecule has 30 heavy (non-hydrogen) atoms. The van der Waals surface area contributed by atoms with Gasteiger partial charge in [-0.25, -0.2) is 0 Å². The Morgan fingerprint density at radius 1 is 1.20 bits per heavy atom. The van der Waals surface area contributed by atoms with Crippen molar-refractivity contribution in [2.75, 3.05) is 33.9 Å². The highest BCUT2D eigenvalue weighted by molar-refractivity contribution is 7.51. The number of amides is 1. The molecule has 1 aromatic carbocycles. The van der Waals surface area contributed by atoms with Gasteiger partial charge in [0.2, 0.25) is 0 Å². The summed E-state index contributed by atoms with van der Waals surface area (Å²) < 4.78 is 10.8. The number of hydrogen-bond acceptors (Lipinski definition) is 5. The van der Waals surface area contributed by atoms with Crippen LogP contribution in [-0.4, -0.2) is 61.4 Å². The minimum atomic E-state index is 0.0447. The van der Waals surface area contributed by atoms with Crippen molar-refractivity contribution in [3.05, 3.63) is 53.4 Å². The molecule has 0 bridgehead atoms. The molecule has 6 nitrogen and oxygen atoms in total. The predicted octanol–water partition coefficient (Wildman–Crippen LogP) is 3.38. The number of hydrogen-bond donors (Lipinski definition) is 1. The van der Waals surface area contributed by atoms with E-state index in [1.54, 1.807) is 20.3 Å². The van der Waals surface area contributed by atoms with Crippen molar-refractivity contribution < 1.29 is 14.3 Å². The number of rotatable bonds is 5. The van der Waals surface area contributed by atoms with Crippen LogP contribution in [0.4, 0.5) is 0 Å². The molecule has 3 aliphatic heterocycles. The molecule has 3 aliphatic rings. The molecular formula is C23H30N3O3P. The van der Waals surface area contributed by atoms with Gasteiger partial charge < -0.3 is 24.6 Å². The lowest BCUT2D eigenvalue weighted by Gasteiger charge is -2.41. The van der Waals surface area contributed by atoms with Crippen LogP contribution < -0.4 is 14.8 Å². The molecule has 160 valence electrons. The van der Waals surface area contributed by atoms with Gasteiger partial charge in [0.05, 0.1) is 25.7 Å². The van der Waals surface area contributed by atoms with Crippen LogP contribution in [-0.2, 0) is 4.79 Å². The Kier molecular flexibility index (Phi) is 6.16. The largest absolute Gasteiger partial charge is 0.493 e. The van der Waals surface area contributed by atoms with E-state index in [2.05, 4.69) is 36.3 Å². The van der Waals surface area contributed by atoms with Crippen molar-refractivity contribution >= 4 is 19.8 Å². The maximum Gasteiger partial charge on any atom is 0.252 e. The van der Waals surface area contributed by atoms with Crippen molar-refractivity contribution in [3.63, 3.8) is 0 Å². The Hall–Kier alpha value is -2.30. The fraction of sp³-hybridized carbons (Fsp3) is 0.435. The Morgan fingerprint density at radius 2 is 2.00 bits per heavy atom. The van der Waals surface area contributed by atoms with E-state index in [-0.39, 0.29) is 11.7 Å². The van der Waals surface area contributed by atoms with Gasteiger partial charge in [0.25, 0.3) is 5.91 Å². The highest BCUT2D eigenvalue weighted by Crippen LogP contribution is 2.48. The minimum Gasteiger partial charge on any atom is -0.493 e. The second kappa shape index (κ2) is 8.83. The number of ether oxygens (including phenoxy) is 2. The van der Waals surface area contributed by atoms with Crippen LogP contribution in [0.15, 0.2) is 47.8 Å². The molecule has 1 fully saturated rings. The minimum absolute atomic E-state index is 0.0447. The molecule has 7 heteroatoms. The van der Waals surface area contributed by atoms with E-state index in [0.717, 1.165) is 42.6 Å². The summed E-state index contributed by atoms with van der Waals surface area (Å²) in [5.41, 5.74) is 3.48. The van der Waals surface area contributed by atoms with Crippen LogP contribution >= 0.6 is 8.58 Å². The summed E-state index contributed by atoms with van der Waals surface area (Å²) in [4.78, 5) is 17.5. The average molecular weight is 427 g/mol. The zero-order valence-corrected chi connectivity index (χ0v) is 19.1. The third kappa shape index (κ3) is 3.99. The van der Waals surface area contributed by atoms with Crippen molar-refractivity contribution in [1.82, 2.24) is 15.1 Å². The van der Waals surface area contributed by atoms with Crippen LogP contribution in [0.25, 0.3) is 5.31 Å². The Balaban J connectivity index is 1.64. The zero-order valence-electron chi connectivity index (χ0n) is 18.1. The van der Waals surface area contributed by atoms with E-state index < -0.39 is 0 Å². The molecule has 0 aromatic heterocycles. The lowest BCUT2D eigenvalue weighted by atomic mass is 10.1. The molecular weight excluding hydrogens is 397 g/mol. The third-order valence-electron chi connectivity index (χ3n) is 5.89. The molecule has 3 atom stereocenters. The zero-order chi connectivity index (χ0) is 21.3. The number of carbonyl (C=O) groups excluding carboxylic acids is 1. The van der Waals surface area contributed by atoms with Crippen LogP contribution in [0.5, 0.6) is 11.5 Å². The number of carbonyl (C=O) groups is 1. The lowest BCUT2D eigenvalue weighted by molar-refractivity contribution is -0.124. The van der Waals surface area contributed by atoms with Gasteiger partial charge in [0, 0.05) is 38.0 Å². The van der Waals surface area contributed by atoms with E-state index in [9.17, 15) is 4.79 Å². The normalized spacial score (nSPS) is 24.8. The van der Waals surface area contributed by atoms with Gasteiger partial charge in [-0.3, -0.25) is 4.79 Å². The van der Waals surface area contributed by atoms with E-state index in [1.807, 2.05) is 23.1 Å². The lowest BCUT2D eigenvalue weighted by Crippen LogP contribution is -2.49. The smallest absolute Gasteiger partial charge is 0.252 e. The van der Waals surface area contributed by atoms with Gasteiger partial charge >= 0.3 is 0 Å². The standard InChI is InChI=1S/C23H30N3O3P/c1-5-16-10-18(25-9-8-24-15(2)13-25)14-26-22(27)12-21(30-23(16)26)17-6-7-19(28-3)20(11-17)29-4/h6-7,10-12,14-15,23-24,30H,5,8-9,13H2,1-4H3/t15-,23?/m1/s1. The summed E-state index contributed by atoms with van der Waals surface area (Å²) in [7, 11) is 3.75. The molecule has 4 rings (SSSR count). The van der Waals surface area contributed by atoms with E-state index in [0.29, 0.717) is 26.1 Å². The van der Waals surface area contributed by atoms with Crippen molar-refractivity contribution in [1.29, 1.82) is 0 Å². The van der Waals surface area contributed by atoms with E-state index in [4.69, 9.17) is 9.47 Å². The van der Waals surface area contributed by atoms with Crippen LogP contribution in [0, 0.1) is 0 Å². The summed E-state index contributed by atoms with van der Waals surface area (Å²) in [5.74, 6) is 1.52. The quantitative estimate of drug-likeness (QED) is 0.731. The maximum absolute atomic E-state index is 13.1. The summed E-state index contributed by atoms with van der Waals surface area (Å²) >= 11 is 0. The highest BCUT2D eigenvalue weighted by atomic mass is 31.1. The van der Waals surface area contributed by atoms with E-state index in [1.165, 1.54) is 5.57 Å². The molecule has 1 saturated heterocycles. The average Bonchev–Trinajstić information content (AvgIpc) is 2.77. The van der Waals surface area contributed by atoms with E-state index >= 15 is 0 Å². The van der Waals surface area contributed by atoms with Gasteiger partial charge in [0.15, 0.2) is 11.5 Å². The summed E-state index contributed by atoms with van der Waals surface area (Å²) in [6, 6.07) is 6.32. The SMILES string of the molecule is CCC1=CC(N2CCN[C@H](C)C2)=CN2C(=O)C=C(c3ccc(OC)c(OC)c3)PC12. The molecule has 1 amide bonds. The Labute approximate surface area is 180 Å². The van der Waals surface area contributed by atoms with Crippen molar-refractivity contribution in [2.24, 2.45) is 0 Å². The van der Waals surface area contributed by atoms with Gasteiger partial charge in [-0.1, -0.05) is 21.6 Å². The first-order valence-electron chi connectivity index (χ1n) is 10.5. The fourth-order valence-corrected chi connectivity index (χ4v) is 5.88. The third-order valence-corrected chi connectivity index (χ3v) is 7.55. The number of allylic oxidation sites excluding steroid dienone is 1. The molecule has 1 N–H and O–H groups in total. The number of fused-ring (bicyclic) bond motifs is 1. The number of benzene rings is 1. The van der Waals surface area contributed by atoms with Crippen molar-refractivity contribution in [2.45, 2.75) is 32.1 Å². The first-order valence-corrected chi connectivity index (χ1v) is 11.5. The molecule has 0 spiro atoms. The van der Waals surface area contributed by atoms with Crippen LogP contribution in [0.3, 0.4) is 0 Å². The predicted molar refractivity (Wildman–Crippen MR) is 122 cm³/mol. The summed E-state index contributed by atoms with van der Waals surface area (Å²) in [6.07, 6.45) is 7.07. The first-order chi connectivity index (χ1) is 14.5. The van der Waals surface area contributed by atoms with Crippen LogP contribution in [0.2, 0.25) is 0 Å². The number of methoxy groups -OCH3 is 2. The number of nitrogens with one attached hydrogen (secondary N) is 1. The monoisotopic (exact) mass is 427 g/mol. The second-order valence-electron chi connectivity index (χ2n) is 7.85. The molecule has 0 aliphatic carbocycles. The van der Waals surface area contributed by atoms with Gasteiger partial charge in [-0.05, 0) is 48.0 Å². The first kappa shape index (κ1) is 21.0. The van der Waals surface area contributed by atoms with Crippen molar-refractivity contribution in [3.8, 4) is 11.5 Å². The molecule has 3 heterocycles. The molecule has 0 radical (unpaired) electrons. The van der Waals surface area contributed by atoms with Crippen LogP contribution in [0.1, 0.15) is 25.8 Å². The molecule has 0 saturated carbocycles. The fourth-order valence-electron chi connectivity index (χ4n) is 4.25. The number of piperazine rings is 1. The number of nitrogens with zero attached hydrogens (tertiary/aromatic N) is 2. The van der Waals surface area contributed by atoms with Gasteiger partial charge in [-0.2, -0.15) is 0 Å². The van der Waals surface area contributed by atoms with Gasteiger partial charge in [-0.15, -0.1) is 0 Å². The van der Waals surface area contributed by atoms with Gasteiger partial charge in [0.1, 0.15) is 0 Å². The molecule has 2 unspecified atom stereocenters. The summed E-state index contributed by atoms with van der Waals surface area (Å²) in [5, 5.41) is 4.55. The molecule has 1 aromatic rings. The Morgan fingerprint density at radius 3 is 2.70 bits per heavy atom. The summed E-state index contributed by atoms with van der Waals surface area (Å²) in [6.45, 7) is 7.27. The second-order valence-corrected chi connectivity index (χ2v) is 9.22. The topological polar surface area (TPSA) is 54.0 Å². The maximum atomic E-state index is 13.1. The highest BCUT2D eigenvalue weighted by Gasteiger charge is 2.34.